The van der Waals surface area contributed by atoms with Gasteiger partial charge in [-0.25, -0.2) is 4.83 Å². The number of benzene rings is 1. The lowest BCUT2D eigenvalue weighted by Crippen LogP contribution is -2.18. The van der Waals surface area contributed by atoms with Crippen LogP contribution in [0.25, 0.3) is 0 Å². The zero-order valence-corrected chi connectivity index (χ0v) is 12.3. The van der Waals surface area contributed by atoms with Gasteiger partial charge in [0.05, 0.1) is 16.8 Å². The minimum absolute atomic E-state index is 0.178. The lowest BCUT2D eigenvalue weighted by atomic mass is 10.2. The number of nitrogens with one attached hydrogen (secondary N) is 1. The lowest BCUT2D eigenvalue weighted by molar-refractivity contribution is 0.584. The molecule has 2 aromatic rings. The van der Waals surface area contributed by atoms with Crippen LogP contribution in [-0.4, -0.2) is 24.4 Å². The average Bonchev–Trinajstić information content (AvgIpc) is 2.66. The van der Waals surface area contributed by atoms with Gasteiger partial charge in [0, 0.05) is 18.3 Å². The third kappa shape index (κ3) is 2.88. The van der Waals surface area contributed by atoms with Gasteiger partial charge < -0.3 is 0 Å². The van der Waals surface area contributed by atoms with Crippen molar-refractivity contribution in [1.82, 2.24) is 14.6 Å². The number of aromatic nitrogens is 2. The van der Waals surface area contributed by atoms with Crippen molar-refractivity contribution in [2.24, 2.45) is 12.1 Å². The van der Waals surface area contributed by atoms with Gasteiger partial charge >= 0.3 is 0 Å². The third-order valence-corrected chi connectivity index (χ3v) is 4.22. The number of aryl methyl sites for hydroxylation is 2. The molecule has 0 spiro atoms. The molecule has 7 heteroatoms. The van der Waals surface area contributed by atoms with Crippen LogP contribution in [0.3, 0.4) is 0 Å². The summed E-state index contributed by atoms with van der Waals surface area (Å²) in [7, 11) is -1.80. The Hall–Kier alpha value is -2.15. The molecule has 0 amide bonds. The lowest BCUT2D eigenvalue weighted by Gasteiger charge is -2.02. The van der Waals surface area contributed by atoms with Crippen molar-refractivity contribution >= 4 is 16.2 Å². The summed E-state index contributed by atoms with van der Waals surface area (Å²) in [5.41, 5.74) is 2.53. The van der Waals surface area contributed by atoms with Gasteiger partial charge in [0.25, 0.3) is 10.0 Å². The van der Waals surface area contributed by atoms with E-state index in [2.05, 4.69) is 15.0 Å². The predicted molar refractivity (Wildman–Crippen MR) is 77.0 cm³/mol. The summed E-state index contributed by atoms with van der Waals surface area (Å²) in [4.78, 5) is 2.37. The van der Waals surface area contributed by atoms with E-state index < -0.39 is 10.0 Å². The van der Waals surface area contributed by atoms with E-state index in [-0.39, 0.29) is 4.90 Å². The highest BCUT2D eigenvalue weighted by atomic mass is 32.2. The SMILES string of the molecule is Cc1nn(C)c(C)c1C=NNS(=O)(=O)c1ccccc1. The normalized spacial score (nSPS) is 11.9. The van der Waals surface area contributed by atoms with E-state index in [4.69, 9.17) is 0 Å². The van der Waals surface area contributed by atoms with Crippen molar-refractivity contribution < 1.29 is 8.42 Å². The van der Waals surface area contributed by atoms with Crippen LogP contribution in [0.15, 0.2) is 40.3 Å². The Morgan fingerprint density at radius 1 is 1.25 bits per heavy atom. The zero-order chi connectivity index (χ0) is 14.8. The molecule has 20 heavy (non-hydrogen) atoms. The van der Waals surface area contributed by atoms with Gasteiger partial charge in [-0.1, -0.05) is 18.2 Å². The molecule has 1 heterocycles. The summed E-state index contributed by atoms with van der Waals surface area (Å²) in [5, 5.41) is 8.04. The Balaban J connectivity index is 2.18. The minimum atomic E-state index is -3.62. The van der Waals surface area contributed by atoms with Gasteiger partial charge in [0.2, 0.25) is 0 Å². The minimum Gasteiger partial charge on any atom is -0.272 e. The summed E-state index contributed by atoms with van der Waals surface area (Å²) in [6, 6.07) is 8.10. The molecule has 0 saturated carbocycles. The first-order valence-electron chi connectivity index (χ1n) is 6.02. The van der Waals surface area contributed by atoms with Crippen LogP contribution in [0.1, 0.15) is 17.0 Å². The topological polar surface area (TPSA) is 76.3 Å². The van der Waals surface area contributed by atoms with E-state index >= 15 is 0 Å². The van der Waals surface area contributed by atoms with Crippen molar-refractivity contribution in [1.29, 1.82) is 0 Å². The molecule has 0 saturated heterocycles. The number of hydrogen-bond acceptors (Lipinski definition) is 4. The summed E-state index contributed by atoms with van der Waals surface area (Å²) >= 11 is 0. The Bertz CT molecular complexity index is 733. The maximum Gasteiger partial charge on any atom is 0.276 e. The smallest absolute Gasteiger partial charge is 0.272 e. The molecule has 0 fully saturated rings. The number of hydrazone groups is 1. The van der Waals surface area contributed by atoms with Gasteiger partial charge in [-0.3, -0.25) is 4.68 Å². The number of rotatable bonds is 4. The van der Waals surface area contributed by atoms with Gasteiger partial charge in [-0.05, 0) is 26.0 Å². The van der Waals surface area contributed by atoms with E-state index in [1.807, 2.05) is 20.9 Å². The maximum atomic E-state index is 12.0. The van der Waals surface area contributed by atoms with Crippen LogP contribution in [-0.2, 0) is 17.1 Å². The quantitative estimate of drug-likeness (QED) is 0.682. The molecule has 106 valence electrons. The molecule has 0 aliphatic carbocycles. The largest absolute Gasteiger partial charge is 0.276 e. The van der Waals surface area contributed by atoms with Gasteiger partial charge in [-0.15, -0.1) is 0 Å². The predicted octanol–water partition coefficient (Wildman–Crippen LogP) is 1.35. The maximum absolute atomic E-state index is 12.0. The molecule has 0 bridgehead atoms. The fraction of sp³-hybridized carbons (Fsp3) is 0.231. The summed E-state index contributed by atoms with van der Waals surface area (Å²) in [6.07, 6.45) is 1.47. The second-order valence-electron chi connectivity index (χ2n) is 4.37. The molecule has 1 aromatic carbocycles. The van der Waals surface area contributed by atoms with Crippen molar-refractivity contribution in [2.75, 3.05) is 0 Å². The van der Waals surface area contributed by atoms with E-state index in [1.165, 1.54) is 18.3 Å². The zero-order valence-electron chi connectivity index (χ0n) is 11.5. The highest BCUT2D eigenvalue weighted by molar-refractivity contribution is 7.89. The Labute approximate surface area is 118 Å². The highest BCUT2D eigenvalue weighted by Crippen LogP contribution is 2.09. The molecule has 0 unspecified atom stereocenters. The van der Waals surface area contributed by atoms with E-state index in [1.54, 1.807) is 22.9 Å². The molecule has 0 radical (unpaired) electrons. The monoisotopic (exact) mass is 292 g/mol. The number of sulfonamides is 1. The summed E-state index contributed by atoms with van der Waals surface area (Å²) in [5.74, 6) is 0. The van der Waals surface area contributed by atoms with Crippen LogP contribution in [0.4, 0.5) is 0 Å². The van der Waals surface area contributed by atoms with Crippen LogP contribution >= 0.6 is 0 Å². The van der Waals surface area contributed by atoms with Gasteiger partial charge in [-0.2, -0.15) is 18.6 Å². The van der Waals surface area contributed by atoms with Gasteiger partial charge in [0.15, 0.2) is 0 Å². The van der Waals surface area contributed by atoms with Gasteiger partial charge in [0.1, 0.15) is 0 Å². The molecule has 0 aliphatic rings. The van der Waals surface area contributed by atoms with Crippen molar-refractivity contribution in [3.63, 3.8) is 0 Å². The highest BCUT2D eigenvalue weighted by Gasteiger charge is 2.12. The third-order valence-electron chi connectivity index (χ3n) is 2.99. The second kappa shape index (κ2) is 5.46. The van der Waals surface area contributed by atoms with Crippen LogP contribution in [0.5, 0.6) is 0 Å². The number of hydrogen-bond donors (Lipinski definition) is 1. The fourth-order valence-electron chi connectivity index (χ4n) is 1.79. The first kappa shape index (κ1) is 14.3. The molecule has 1 N–H and O–H groups in total. The summed E-state index contributed by atoms with van der Waals surface area (Å²) < 4.78 is 25.6. The summed E-state index contributed by atoms with van der Waals surface area (Å²) in [6.45, 7) is 3.74. The molecule has 0 aliphatic heterocycles. The van der Waals surface area contributed by atoms with Crippen molar-refractivity contribution in [3.8, 4) is 0 Å². The molecular formula is C13H16N4O2S. The molecule has 1 aromatic heterocycles. The van der Waals surface area contributed by atoms with Crippen molar-refractivity contribution in [2.45, 2.75) is 18.7 Å². The molecular weight excluding hydrogens is 276 g/mol. The second-order valence-corrected chi connectivity index (χ2v) is 6.03. The van der Waals surface area contributed by atoms with E-state index in [0.717, 1.165) is 17.0 Å². The van der Waals surface area contributed by atoms with Crippen molar-refractivity contribution in [3.05, 3.63) is 47.3 Å². The average molecular weight is 292 g/mol. The fourth-order valence-corrected chi connectivity index (χ4v) is 2.60. The van der Waals surface area contributed by atoms with E-state index in [0.29, 0.717) is 0 Å². The molecule has 6 nitrogen and oxygen atoms in total. The first-order chi connectivity index (χ1) is 9.42. The van der Waals surface area contributed by atoms with Crippen LogP contribution < -0.4 is 4.83 Å². The Morgan fingerprint density at radius 3 is 2.45 bits per heavy atom. The Kier molecular flexibility index (Phi) is 3.89. The van der Waals surface area contributed by atoms with Crippen LogP contribution in [0, 0.1) is 13.8 Å². The Morgan fingerprint density at radius 2 is 1.90 bits per heavy atom. The molecule has 0 atom stereocenters. The molecule has 2 rings (SSSR count). The van der Waals surface area contributed by atoms with E-state index in [9.17, 15) is 8.42 Å². The number of nitrogens with zero attached hydrogens (tertiary/aromatic N) is 3. The van der Waals surface area contributed by atoms with Crippen LogP contribution in [0.2, 0.25) is 0 Å². The first-order valence-corrected chi connectivity index (χ1v) is 7.50. The standard InChI is InChI=1S/C13H16N4O2S/c1-10-13(11(2)17(3)15-10)9-14-16-20(18,19)12-7-5-4-6-8-12/h4-9,16H,1-3H3.